The zero-order chi connectivity index (χ0) is 17.6. The fraction of sp³-hybridized carbons (Fsp3) is 0.100. The average molecular weight is 395 g/mol. The molecule has 0 aliphatic rings. The first-order valence-corrected chi connectivity index (χ1v) is 8.51. The maximum Gasteiger partial charge on any atom is 0.262 e. The zero-order valence-corrected chi connectivity index (χ0v) is 14.9. The molecule has 4 nitrogen and oxygen atoms in total. The van der Waals surface area contributed by atoms with Gasteiger partial charge in [-0.05, 0) is 52.7 Å². The summed E-state index contributed by atoms with van der Waals surface area (Å²) in [6.07, 6.45) is 0.357. The van der Waals surface area contributed by atoms with E-state index in [2.05, 4.69) is 27.3 Å². The smallest absolute Gasteiger partial charge is 0.262 e. The highest BCUT2D eigenvalue weighted by molar-refractivity contribution is 9.10. The number of carbonyl (C=O) groups excluding carboxylic acids is 1. The van der Waals surface area contributed by atoms with E-state index >= 15 is 0 Å². The molecule has 0 radical (unpaired) electrons. The molecule has 0 atom stereocenters. The predicted molar refractivity (Wildman–Crippen MR) is 102 cm³/mol. The van der Waals surface area contributed by atoms with Crippen molar-refractivity contribution in [3.05, 3.63) is 70.7 Å². The number of amides is 1. The number of nitriles is 1. The number of anilines is 1. The molecule has 1 N–H and O–H groups in total. The highest BCUT2D eigenvalue weighted by Gasteiger charge is 2.05. The molecule has 0 spiro atoms. The molecule has 3 aromatic rings. The van der Waals surface area contributed by atoms with Gasteiger partial charge in [-0.15, -0.1) is 0 Å². The lowest BCUT2D eigenvalue weighted by atomic mass is 10.1. The first-order valence-electron chi connectivity index (χ1n) is 7.72. The Morgan fingerprint density at radius 3 is 2.52 bits per heavy atom. The van der Waals surface area contributed by atoms with Gasteiger partial charge < -0.3 is 10.1 Å². The van der Waals surface area contributed by atoms with E-state index in [-0.39, 0.29) is 12.5 Å². The summed E-state index contributed by atoms with van der Waals surface area (Å²) in [6.45, 7) is -0.0675. The Morgan fingerprint density at radius 1 is 1.04 bits per heavy atom. The van der Waals surface area contributed by atoms with Crippen LogP contribution in [0, 0.1) is 11.3 Å². The van der Waals surface area contributed by atoms with Crippen LogP contribution >= 0.6 is 15.9 Å². The van der Waals surface area contributed by atoms with Gasteiger partial charge in [-0.25, -0.2) is 0 Å². The molecule has 0 unspecified atom stereocenters. The van der Waals surface area contributed by atoms with Gasteiger partial charge in [0.15, 0.2) is 6.61 Å². The van der Waals surface area contributed by atoms with Crippen molar-refractivity contribution in [1.82, 2.24) is 0 Å². The Kier molecular flexibility index (Phi) is 5.32. The molecular weight excluding hydrogens is 380 g/mol. The minimum Gasteiger partial charge on any atom is -0.484 e. The van der Waals surface area contributed by atoms with Gasteiger partial charge in [-0.2, -0.15) is 5.26 Å². The predicted octanol–water partition coefficient (Wildman–Crippen LogP) is 4.69. The SMILES string of the molecule is N#CCc1ccc(NC(=O)COc2ccc3cc(Br)ccc3c2)cc1. The molecular formula is C20H15BrN2O2. The van der Waals surface area contributed by atoms with Crippen LogP contribution in [0.4, 0.5) is 5.69 Å². The molecule has 0 aliphatic carbocycles. The van der Waals surface area contributed by atoms with Gasteiger partial charge >= 0.3 is 0 Å². The quantitative estimate of drug-likeness (QED) is 0.682. The first-order chi connectivity index (χ1) is 12.1. The second-order valence-electron chi connectivity index (χ2n) is 5.52. The van der Waals surface area contributed by atoms with Crippen LogP contribution in [0.5, 0.6) is 5.75 Å². The number of benzene rings is 3. The molecule has 0 fully saturated rings. The van der Waals surface area contributed by atoms with Crippen molar-refractivity contribution < 1.29 is 9.53 Å². The molecule has 0 saturated heterocycles. The van der Waals surface area contributed by atoms with Crippen molar-refractivity contribution >= 4 is 38.3 Å². The van der Waals surface area contributed by atoms with Crippen molar-refractivity contribution in [3.63, 3.8) is 0 Å². The van der Waals surface area contributed by atoms with Crippen molar-refractivity contribution in [1.29, 1.82) is 5.26 Å². The van der Waals surface area contributed by atoms with E-state index in [0.717, 1.165) is 20.8 Å². The lowest BCUT2D eigenvalue weighted by molar-refractivity contribution is -0.118. The molecule has 3 aromatic carbocycles. The summed E-state index contributed by atoms with van der Waals surface area (Å²) in [5.74, 6) is 0.415. The second kappa shape index (κ2) is 7.82. The number of rotatable bonds is 5. The molecule has 0 heterocycles. The third-order valence-corrected chi connectivity index (χ3v) is 4.16. The van der Waals surface area contributed by atoms with E-state index in [1.807, 2.05) is 48.5 Å². The van der Waals surface area contributed by atoms with E-state index in [4.69, 9.17) is 10.00 Å². The van der Waals surface area contributed by atoms with Gasteiger partial charge in [0.2, 0.25) is 0 Å². The molecule has 0 bridgehead atoms. The maximum absolute atomic E-state index is 12.0. The number of nitrogens with one attached hydrogen (secondary N) is 1. The lowest BCUT2D eigenvalue weighted by Crippen LogP contribution is -2.20. The van der Waals surface area contributed by atoms with E-state index in [1.165, 1.54) is 0 Å². The summed E-state index contributed by atoms with van der Waals surface area (Å²) in [6, 6.07) is 21.0. The Morgan fingerprint density at radius 2 is 1.76 bits per heavy atom. The average Bonchev–Trinajstić information content (AvgIpc) is 2.62. The van der Waals surface area contributed by atoms with Crippen molar-refractivity contribution in [2.45, 2.75) is 6.42 Å². The molecule has 124 valence electrons. The summed E-state index contributed by atoms with van der Waals surface area (Å²) in [5, 5.41) is 13.6. The summed E-state index contributed by atoms with van der Waals surface area (Å²) >= 11 is 3.45. The number of carbonyl (C=O) groups is 1. The van der Waals surface area contributed by atoms with Gasteiger partial charge in [0.05, 0.1) is 12.5 Å². The van der Waals surface area contributed by atoms with Crippen LogP contribution in [0.3, 0.4) is 0 Å². The summed E-state index contributed by atoms with van der Waals surface area (Å²) in [4.78, 5) is 12.0. The van der Waals surface area contributed by atoms with Gasteiger partial charge in [-0.3, -0.25) is 4.79 Å². The summed E-state index contributed by atoms with van der Waals surface area (Å²) < 4.78 is 6.60. The molecule has 0 aromatic heterocycles. The van der Waals surface area contributed by atoms with Crippen LogP contribution in [-0.2, 0) is 11.2 Å². The van der Waals surface area contributed by atoms with Crippen LogP contribution in [0.2, 0.25) is 0 Å². The molecule has 3 rings (SSSR count). The highest BCUT2D eigenvalue weighted by Crippen LogP contribution is 2.24. The fourth-order valence-electron chi connectivity index (χ4n) is 2.43. The molecule has 0 saturated carbocycles. The van der Waals surface area contributed by atoms with E-state index in [1.54, 1.807) is 12.1 Å². The van der Waals surface area contributed by atoms with Gasteiger partial charge in [0.1, 0.15) is 5.75 Å². The first kappa shape index (κ1) is 17.0. The lowest BCUT2D eigenvalue weighted by Gasteiger charge is -2.09. The summed E-state index contributed by atoms with van der Waals surface area (Å²) in [5.41, 5.74) is 1.60. The van der Waals surface area contributed by atoms with Gasteiger partial charge in [0.25, 0.3) is 5.91 Å². The number of hydrogen-bond donors (Lipinski definition) is 1. The fourth-order valence-corrected chi connectivity index (χ4v) is 2.81. The monoisotopic (exact) mass is 394 g/mol. The third kappa shape index (κ3) is 4.59. The van der Waals surface area contributed by atoms with Gasteiger partial charge in [0, 0.05) is 10.2 Å². The molecule has 25 heavy (non-hydrogen) atoms. The van der Waals surface area contributed by atoms with Crippen molar-refractivity contribution in [2.75, 3.05) is 11.9 Å². The van der Waals surface area contributed by atoms with Crippen LogP contribution in [0.25, 0.3) is 10.8 Å². The number of ether oxygens (including phenoxy) is 1. The van der Waals surface area contributed by atoms with E-state index < -0.39 is 0 Å². The maximum atomic E-state index is 12.0. The topological polar surface area (TPSA) is 62.1 Å². The Balaban J connectivity index is 1.58. The number of fused-ring (bicyclic) bond motifs is 1. The largest absolute Gasteiger partial charge is 0.484 e. The van der Waals surface area contributed by atoms with Crippen molar-refractivity contribution in [3.8, 4) is 11.8 Å². The van der Waals surface area contributed by atoms with E-state index in [0.29, 0.717) is 17.9 Å². The second-order valence-corrected chi connectivity index (χ2v) is 6.44. The highest BCUT2D eigenvalue weighted by atomic mass is 79.9. The molecule has 0 aliphatic heterocycles. The molecule has 5 heteroatoms. The minimum atomic E-state index is -0.232. The Labute approximate surface area is 154 Å². The third-order valence-electron chi connectivity index (χ3n) is 3.66. The van der Waals surface area contributed by atoms with Crippen LogP contribution in [0.15, 0.2) is 65.1 Å². The number of halogens is 1. The van der Waals surface area contributed by atoms with Crippen LogP contribution in [0.1, 0.15) is 5.56 Å². The van der Waals surface area contributed by atoms with Crippen molar-refractivity contribution in [2.24, 2.45) is 0 Å². The van der Waals surface area contributed by atoms with Crippen LogP contribution in [-0.4, -0.2) is 12.5 Å². The number of nitrogens with zero attached hydrogens (tertiary/aromatic N) is 1. The Hall–Kier alpha value is -2.84. The number of hydrogen-bond acceptors (Lipinski definition) is 3. The molecule has 1 amide bonds. The zero-order valence-electron chi connectivity index (χ0n) is 13.3. The standard InChI is InChI=1S/C20H15BrN2O2/c21-17-5-3-16-12-19(8-4-15(16)11-17)25-13-20(24)23-18-6-1-14(2-7-18)9-10-22/h1-8,11-12H,9,13H2,(H,23,24). The minimum absolute atomic E-state index is 0.0675. The van der Waals surface area contributed by atoms with E-state index in [9.17, 15) is 4.79 Å². The Bertz CT molecular complexity index is 946. The normalized spacial score (nSPS) is 10.2. The summed E-state index contributed by atoms with van der Waals surface area (Å²) in [7, 11) is 0. The van der Waals surface area contributed by atoms with Gasteiger partial charge in [-0.1, -0.05) is 40.2 Å². The van der Waals surface area contributed by atoms with Crippen LogP contribution < -0.4 is 10.1 Å².